The quantitative estimate of drug-likeness (QED) is 0.140. The summed E-state index contributed by atoms with van der Waals surface area (Å²) in [4.78, 5) is 0. The van der Waals surface area contributed by atoms with Crippen LogP contribution in [0.15, 0.2) is 140 Å². The molecule has 1 heterocycles. The molecule has 8 aromatic carbocycles. The summed E-state index contributed by atoms with van der Waals surface area (Å²) in [6.45, 7) is 5.61. The van der Waals surface area contributed by atoms with Crippen LogP contribution in [0.3, 0.4) is 0 Å². The first kappa shape index (κ1) is 27.3. The fourth-order valence-corrected chi connectivity index (χ4v) is 10.2. The summed E-state index contributed by atoms with van der Waals surface area (Å²) in [5.41, 5.74) is 10.1. The Kier molecular flexibility index (Phi) is 5.69. The van der Waals surface area contributed by atoms with E-state index in [4.69, 9.17) is 0 Å². The molecule has 0 aromatic heterocycles. The molecule has 2 unspecified atom stereocenters. The smallest absolute Gasteiger partial charge is 0.0735 e. The molecule has 0 radical (unpaired) electrons. The Bertz CT molecular complexity index is 2500. The van der Waals surface area contributed by atoms with Crippen LogP contribution in [0.1, 0.15) is 45.1 Å². The fraction of sp³-hybridized carbons (Fsp3) is 0.174. The summed E-state index contributed by atoms with van der Waals surface area (Å²) in [7, 11) is 0. The van der Waals surface area contributed by atoms with Crippen molar-refractivity contribution in [3.8, 4) is 22.3 Å². The van der Waals surface area contributed by atoms with Crippen LogP contribution < -0.4 is 10.9 Å². The maximum absolute atomic E-state index is 2.59. The first-order valence-electron chi connectivity index (χ1n) is 17.4. The van der Waals surface area contributed by atoms with Gasteiger partial charge in [-0.15, -0.1) is 0 Å². The van der Waals surface area contributed by atoms with Crippen LogP contribution in [-0.4, -0.2) is 6.71 Å². The Hall–Kier alpha value is -4.88. The average molecular weight is 601 g/mol. The molecule has 1 heteroatoms. The van der Waals surface area contributed by atoms with Gasteiger partial charge in [-0.1, -0.05) is 184 Å². The van der Waals surface area contributed by atoms with Crippen molar-refractivity contribution in [1.82, 2.24) is 0 Å². The minimum Gasteiger partial charge on any atom is -0.0735 e. The standard InChI is InChI=1S/C46H37B/c1-45-27-8-9-28-46(45,2)47(34-13-4-3-5-14-34)42-26-21-33(29-41(42)45)36-22-17-31-20-25-40-38(23-18-32-19-24-39(36)43(31)44(32)40)37-16-10-12-30-11-6-7-15-35(30)37/h3-7,10-26,29H,8-9,27-28H2,1-2H3. The summed E-state index contributed by atoms with van der Waals surface area (Å²) in [6, 6.07) is 53.1. The van der Waals surface area contributed by atoms with E-state index in [1.54, 1.807) is 11.0 Å². The number of hydrogen-bond acceptors (Lipinski definition) is 0. The fourth-order valence-electron chi connectivity index (χ4n) is 10.2. The number of fused-ring (bicyclic) bond motifs is 4. The molecule has 0 bridgehead atoms. The Morgan fingerprint density at radius 2 is 1.13 bits per heavy atom. The van der Waals surface area contributed by atoms with Crippen LogP contribution in [0.2, 0.25) is 5.31 Å². The van der Waals surface area contributed by atoms with Gasteiger partial charge < -0.3 is 0 Å². The molecule has 2 atom stereocenters. The maximum atomic E-state index is 2.59. The van der Waals surface area contributed by atoms with Gasteiger partial charge >= 0.3 is 0 Å². The topological polar surface area (TPSA) is 0 Å². The molecule has 10 rings (SSSR count). The van der Waals surface area contributed by atoms with E-state index in [0.29, 0.717) is 6.71 Å². The summed E-state index contributed by atoms with van der Waals surface area (Å²) in [5, 5.41) is 10.9. The van der Waals surface area contributed by atoms with Gasteiger partial charge in [0, 0.05) is 0 Å². The second-order valence-electron chi connectivity index (χ2n) is 14.8. The second-order valence-corrected chi connectivity index (χ2v) is 14.8. The molecule has 1 saturated carbocycles. The third kappa shape index (κ3) is 3.66. The lowest BCUT2D eigenvalue weighted by molar-refractivity contribution is 0.243. The van der Waals surface area contributed by atoms with Crippen LogP contribution in [0, 0.1) is 0 Å². The zero-order valence-electron chi connectivity index (χ0n) is 27.2. The predicted molar refractivity (Wildman–Crippen MR) is 204 cm³/mol. The monoisotopic (exact) mass is 600 g/mol. The molecule has 47 heavy (non-hydrogen) atoms. The van der Waals surface area contributed by atoms with Gasteiger partial charge in [0.1, 0.15) is 0 Å². The van der Waals surface area contributed by atoms with Gasteiger partial charge in [0.15, 0.2) is 0 Å². The Morgan fingerprint density at radius 1 is 0.489 bits per heavy atom. The number of benzene rings is 8. The van der Waals surface area contributed by atoms with Crippen molar-refractivity contribution in [1.29, 1.82) is 0 Å². The van der Waals surface area contributed by atoms with E-state index < -0.39 is 0 Å². The molecular weight excluding hydrogens is 563 g/mol. The number of rotatable bonds is 3. The predicted octanol–water partition coefficient (Wildman–Crippen LogP) is 11.3. The van der Waals surface area contributed by atoms with Crippen molar-refractivity contribution < 1.29 is 0 Å². The highest BCUT2D eigenvalue weighted by molar-refractivity contribution is 6.89. The zero-order chi connectivity index (χ0) is 31.3. The van der Waals surface area contributed by atoms with Crippen molar-refractivity contribution in [3.05, 3.63) is 145 Å². The molecule has 2 aliphatic rings. The first-order valence-corrected chi connectivity index (χ1v) is 17.4. The van der Waals surface area contributed by atoms with Crippen LogP contribution in [0.4, 0.5) is 0 Å². The third-order valence-electron chi connectivity index (χ3n) is 12.7. The molecule has 8 aromatic rings. The lowest BCUT2D eigenvalue weighted by atomic mass is 9.26. The minimum absolute atomic E-state index is 0.161. The SMILES string of the molecule is CC12CCCCC1(C)c1cc(-c3ccc4ccc5c(-c6cccc7ccccc67)ccc6ccc3c4c65)ccc1B2c1ccccc1. The summed E-state index contributed by atoms with van der Waals surface area (Å²) < 4.78 is 0. The molecule has 0 spiro atoms. The van der Waals surface area contributed by atoms with Crippen molar-refractivity contribution in [2.24, 2.45) is 0 Å². The van der Waals surface area contributed by atoms with E-state index in [9.17, 15) is 0 Å². The van der Waals surface area contributed by atoms with Gasteiger partial charge in [-0.2, -0.15) is 0 Å². The van der Waals surface area contributed by atoms with E-state index in [1.807, 2.05) is 0 Å². The minimum atomic E-state index is 0.161. The lowest BCUT2D eigenvalue weighted by Crippen LogP contribution is -2.51. The highest BCUT2D eigenvalue weighted by Crippen LogP contribution is 2.62. The summed E-state index contributed by atoms with van der Waals surface area (Å²) in [5.74, 6) is 0. The van der Waals surface area contributed by atoms with Gasteiger partial charge in [0.25, 0.3) is 0 Å². The Labute approximate surface area is 277 Å². The molecule has 1 fully saturated rings. The van der Waals surface area contributed by atoms with Crippen LogP contribution >= 0.6 is 0 Å². The van der Waals surface area contributed by atoms with Crippen molar-refractivity contribution in [2.75, 3.05) is 0 Å². The summed E-state index contributed by atoms with van der Waals surface area (Å²) in [6.07, 6.45) is 5.19. The first-order chi connectivity index (χ1) is 23.0. The van der Waals surface area contributed by atoms with E-state index >= 15 is 0 Å². The maximum Gasteiger partial charge on any atom is 0.216 e. The van der Waals surface area contributed by atoms with Crippen LogP contribution in [0.25, 0.3) is 65.3 Å². The van der Waals surface area contributed by atoms with Crippen molar-refractivity contribution in [2.45, 2.75) is 50.3 Å². The van der Waals surface area contributed by atoms with Gasteiger partial charge in [0.05, 0.1) is 0 Å². The second kappa shape index (κ2) is 9.82. The molecular formula is C46H37B. The highest BCUT2D eigenvalue weighted by atomic mass is 14.5. The molecule has 0 N–H and O–H groups in total. The molecule has 0 nitrogen and oxygen atoms in total. The number of hydrogen-bond donors (Lipinski definition) is 0. The Morgan fingerprint density at radius 3 is 1.94 bits per heavy atom. The molecule has 1 aliphatic heterocycles. The van der Waals surface area contributed by atoms with Crippen molar-refractivity contribution in [3.63, 3.8) is 0 Å². The zero-order valence-corrected chi connectivity index (χ0v) is 27.2. The molecule has 0 saturated heterocycles. The lowest BCUT2D eigenvalue weighted by Gasteiger charge is -2.48. The van der Waals surface area contributed by atoms with E-state index in [0.717, 1.165) is 0 Å². The van der Waals surface area contributed by atoms with Crippen molar-refractivity contribution >= 4 is 60.7 Å². The molecule has 0 amide bonds. The third-order valence-corrected chi connectivity index (χ3v) is 12.7. The Balaban J connectivity index is 1.20. The highest BCUT2D eigenvalue weighted by Gasteiger charge is 2.60. The average Bonchev–Trinajstić information content (AvgIpc) is 3.33. The molecule has 224 valence electrons. The van der Waals surface area contributed by atoms with Gasteiger partial charge in [0.2, 0.25) is 6.71 Å². The van der Waals surface area contributed by atoms with Crippen LogP contribution in [0.5, 0.6) is 0 Å². The van der Waals surface area contributed by atoms with Gasteiger partial charge in [-0.3, -0.25) is 0 Å². The normalized spacial score (nSPS) is 20.8. The van der Waals surface area contributed by atoms with Crippen LogP contribution in [-0.2, 0) is 5.41 Å². The van der Waals surface area contributed by atoms with E-state index in [2.05, 4.69) is 153 Å². The van der Waals surface area contributed by atoms with Gasteiger partial charge in [-0.05, 0) is 88.1 Å². The molecule has 1 aliphatic carbocycles. The van der Waals surface area contributed by atoms with E-state index in [1.165, 1.54) is 96.5 Å². The summed E-state index contributed by atoms with van der Waals surface area (Å²) >= 11 is 0. The largest absolute Gasteiger partial charge is 0.216 e. The van der Waals surface area contributed by atoms with E-state index in [-0.39, 0.29) is 10.7 Å². The van der Waals surface area contributed by atoms with Gasteiger partial charge in [-0.25, -0.2) is 0 Å².